The molecule has 1 amide bonds. The topological polar surface area (TPSA) is 108 Å². The lowest BCUT2D eigenvalue weighted by Gasteiger charge is -2.10. The molecule has 152 valence electrons. The van der Waals surface area contributed by atoms with Crippen LogP contribution in [0.2, 0.25) is 10.0 Å². The van der Waals surface area contributed by atoms with Gasteiger partial charge in [-0.1, -0.05) is 36.2 Å². The SMILES string of the molecule is Cc1cc([N+](=O)[O-])nn1CC(C)C(=O)Nc1cnn(Cc2c(Cl)cccc2Cl)c1. The van der Waals surface area contributed by atoms with E-state index >= 15 is 0 Å². The number of carbonyl (C=O) groups excluding carboxylic acids is 1. The zero-order valence-electron chi connectivity index (χ0n) is 15.7. The summed E-state index contributed by atoms with van der Waals surface area (Å²) in [7, 11) is 0. The van der Waals surface area contributed by atoms with Crippen LogP contribution in [0.5, 0.6) is 0 Å². The molecule has 1 aromatic carbocycles. The fourth-order valence-electron chi connectivity index (χ4n) is 2.73. The monoisotopic (exact) mass is 436 g/mol. The molecule has 2 heterocycles. The number of rotatable bonds is 7. The van der Waals surface area contributed by atoms with E-state index in [2.05, 4.69) is 15.5 Å². The Bertz CT molecular complexity index is 1040. The zero-order chi connectivity index (χ0) is 21.1. The van der Waals surface area contributed by atoms with Crippen LogP contribution in [0.1, 0.15) is 18.2 Å². The molecule has 0 aliphatic rings. The molecule has 0 fully saturated rings. The van der Waals surface area contributed by atoms with Crippen molar-refractivity contribution >= 4 is 40.6 Å². The molecule has 29 heavy (non-hydrogen) atoms. The Kier molecular flexibility index (Phi) is 6.19. The van der Waals surface area contributed by atoms with Gasteiger partial charge in [0, 0.05) is 21.8 Å². The molecule has 0 bridgehead atoms. The van der Waals surface area contributed by atoms with Crippen LogP contribution in [-0.4, -0.2) is 30.4 Å². The summed E-state index contributed by atoms with van der Waals surface area (Å²) in [4.78, 5) is 22.7. The van der Waals surface area contributed by atoms with Gasteiger partial charge in [-0.05, 0) is 24.0 Å². The number of aromatic nitrogens is 4. The molecule has 0 aliphatic heterocycles. The van der Waals surface area contributed by atoms with Gasteiger partial charge in [-0.3, -0.25) is 9.48 Å². The van der Waals surface area contributed by atoms with Gasteiger partial charge in [0.1, 0.15) is 0 Å². The first-order chi connectivity index (χ1) is 13.7. The van der Waals surface area contributed by atoms with Crippen molar-refractivity contribution in [2.75, 3.05) is 5.32 Å². The number of benzene rings is 1. The van der Waals surface area contributed by atoms with Crippen molar-refractivity contribution < 1.29 is 9.72 Å². The van der Waals surface area contributed by atoms with Crippen molar-refractivity contribution in [1.29, 1.82) is 0 Å². The first-order valence-corrected chi connectivity index (χ1v) is 9.45. The number of nitrogens with one attached hydrogen (secondary N) is 1. The van der Waals surface area contributed by atoms with Crippen molar-refractivity contribution in [3.8, 4) is 0 Å². The fraction of sp³-hybridized carbons (Fsp3) is 0.278. The Morgan fingerprint density at radius 1 is 1.34 bits per heavy atom. The average Bonchev–Trinajstić information content (AvgIpc) is 3.25. The minimum Gasteiger partial charge on any atom is -0.358 e. The quantitative estimate of drug-likeness (QED) is 0.445. The summed E-state index contributed by atoms with van der Waals surface area (Å²) < 4.78 is 3.07. The molecule has 0 aliphatic carbocycles. The molecular formula is C18H18Cl2N6O3. The lowest BCUT2D eigenvalue weighted by Crippen LogP contribution is -2.25. The second kappa shape index (κ2) is 8.62. The maximum absolute atomic E-state index is 12.5. The third kappa shape index (κ3) is 4.93. The lowest BCUT2D eigenvalue weighted by molar-refractivity contribution is -0.389. The van der Waals surface area contributed by atoms with Crippen LogP contribution in [0.15, 0.2) is 36.7 Å². The standard InChI is InChI=1S/C18H18Cl2N6O3/c1-11(8-25-12(2)6-17(23-25)26(28)29)18(27)22-13-7-21-24(9-13)10-14-15(19)4-3-5-16(14)20/h3-7,9,11H,8,10H2,1-2H3,(H,22,27). The van der Waals surface area contributed by atoms with Gasteiger partial charge in [0.2, 0.25) is 5.91 Å². The number of halogens is 2. The fourth-order valence-corrected chi connectivity index (χ4v) is 3.25. The van der Waals surface area contributed by atoms with Crippen LogP contribution in [0.4, 0.5) is 11.5 Å². The largest absolute Gasteiger partial charge is 0.390 e. The van der Waals surface area contributed by atoms with Gasteiger partial charge >= 0.3 is 5.82 Å². The van der Waals surface area contributed by atoms with Crippen molar-refractivity contribution in [2.24, 2.45) is 5.92 Å². The normalized spacial score (nSPS) is 12.0. The highest BCUT2D eigenvalue weighted by atomic mass is 35.5. The van der Waals surface area contributed by atoms with Crippen LogP contribution >= 0.6 is 23.2 Å². The molecule has 11 heteroatoms. The van der Waals surface area contributed by atoms with Crippen molar-refractivity contribution in [2.45, 2.75) is 26.9 Å². The summed E-state index contributed by atoms with van der Waals surface area (Å²) in [5.74, 6) is -0.956. The van der Waals surface area contributed by atoms with E-state index in [1.165, 1.54) is 16.9 Å². The number of hydrogen-bond acceptors (Lipinski definition) is 5. The minimum absolute atomic E-state index is 0.217. The maximum Gasteiger partial charge on any atom is 0.390 e. The van der Waals surface area contributed by atoms with Gasteiger partial charge in [-0.15, -0.1) is 0 Å². The van der Waals surface area contributed by atoms with Crippen molar-refractivity contribution in [1.82, 2.24) is 19.6 Å². The first-order valence-electron chi connectivity index (χ1n) is 8.69. The number of carbonyl (C=O) groups is 1. The van der Waals surface area contributed by atoms with E-state index < -0.39 is 10.8 Å². The maximum atomic E-state index is 12.5. The predicted octanol–water partition coefficient (Wildman–Crippen LogP) is 3.93. The number of nitro groups is 1. The second-order valence-electron chi connectivity index (χ2n) is 6.60. The molecule has 0 spiro atoms. The highest BCUT2D eigenvalue weighted by molar-refractivity contribution is 6.35. The van der Waals surface area contributed by atoms with Crippen LogP contribution in [0.25, 0.3) is 0 Å². The zero-order valence-corrected chi connectivity index (χ0v) is 17.2. The van der Waals surface area contributed by atoms with Crippen LogP contribution in [-0.2, 0) is 17.9 Å². The Morgan fingerprint density at radius 2 is 2.03 bits per heavy atom. The Labute approximate surface area is 176 Å². The summed E-state index contributed by atoms with van der Waals surface area (Å²) in [6.45, 7) is 4.00. The highest BCUT2D eigenvalue weighted by Crippen LogP contribution is 2.25. The van der Waals surface area contributed by atoms with Gasteiger partial charge < -0.3 is 15.4 Å². The Balaban J connectivity index is 1.63. The molecule has 3 aromatic rings. The van der Waals surface area contributed by atoms with Gasteiger partial charge in [-0.25, -0.2) is 0 Å². The van der Waals surface area contributed by atoms with Gasteiger partial charge in [0.05, 0.1) is 47.8 Å². The predicted molar refractivity (Wildman–Crippen MR) is 109 cm³/mol. The molecule has 0 radical (unpaired) electrons. The molecule has 0 saturated heterocycles. The number of amides is 1. The number of anilines is 1. The number of aryl methyl sites for hydroxylation is 1. The van der Waals surface area contributed by atoms with Gasteiger partial charge in [0.15, 0.2) is 0 Å². The van der Waals surface area contributed by atoms with Gasteiger partial charge in [0.25, 0.3) is 0 Å². The average molecular weight is 437 g/mol. The van der Waals surface area contributed by atoms with E-state index in [1.807, 2.05) is 0 Å². The molecule has 2 aromatic heterocycles. The lowest BCUT2D eigenvalue weighted by atomic mass is 10.1. The van der Waals surface area contributed by atoms with E-state index in [-0.39, 0.29) is 18.3 Å². The smallest absolute Gasteiger partial charge is 0.358 e. The van der Waals surface area contributed by atoms with Gasteiger partial charge in [-0.2, -0.15) is 9.78 Å². The van der Waals surface area contributed by atoms with Crippen molar-refractivity contribution in [3.63, 3.8) is 0 Å². The van der Waals surface area contributed by atoms with Crippen LogP contribution in [0, 0.1) is 23.0 Å². The molecule has 1 unspecified atom stereocenters. The Hall–Kier alpha value is -2.91. The summed E-state index contributed by atoms with van der Waals surface area (Å²) in [5, 5.41) is 22.8. The third-order valence-electron chi connectivity index (χ3n) is 4.33. The Morgan fingerprint density at radius 3 is 2.66 bits per heavy atom. The van der Waals surface area contributed by atoms with Crippen LogP contribution in [0.3, 0.4) is 0 Å². The molecule has 3 rings (SSSR count). The second-order valence-corrected chi connectivity index (χ2v) is 7.41. The summed E-state index contributed by atoms with van der Waals surface area (Å²) in [5.41, 5.74) is 1.87. The van der Waals surface area contributed by atoms with E-state index in [9.17, 15) is 14.9 Å². The number of hydrogen-bond donors (Lipinski definition) is 1. The van der Waals surface area contributed by atoms with E-state index in [4.69, 9.17) is 23.2 Å². The molecule has 1 atom stereocenters. The van der Waals surface area contributed by atoms with E-state index in [0.29, 0.717) is 28.0 Å². The molecule has 0 saturated carbocycles. The highest BCUT2D eigenvalue weighted by Gasteiger charge is 2.21. The van der Waals surface area contributed by atoms with E-state index in [0.717, 1.165) is 5.56 Å². The summed E-state index contributed by atoms with van der Waals surface area (Å²) in [6, 6.07) is 6.63. The first kappa shape index (κ1) is 20.8. The molecule has 1 N–H and O–H groups in total. The van der Waals surface area contributed by atoms with Crippen molar-refractivity contribution in [3.05, 3.63) is 68.1 Å². The van der Waals surface area contributed by atoms with Crippen LogP contribution < -0.4 is 5.32 Å². The summed E-state index contributed by atoms with van der Waals surface area (Å²) >= 11 is 12.4. The number of nitrogens with zero attached hydrogens (tertiary/aromatic N) is 5. The third-order valence-corrected chi connectivity index (χ3v) is 5.04. The molecular weight excluding hydrogens is 419 g/mol. The summed E-state index contributed by atoms with van der Waals surface area (Å²) in [6.07, 6.45) is 3.20. The molecule has 9 nitrogen and oxygen atoms in total. The van der Waals surface area contributed by atoms with E-state index in [1.54, 1.807) is 42.9 Å². The minimum atomic E-state index is -0.562.